The van der Waals surface area contributed by atoms with Gasteiger partial charge in [-0.2, -0.15) is 5.10 Å². The Bertz CT molecular complexity index is 381. The molecule has 1 aromatic rings. The SMILES string of the molecule is Cc1cn[nH]c1NC(=O)/C=C/C(=O)O. The molecule has 0 aliphatic heterocycles. The number of carboxylic acids is 1. The second kappa shape index (κ2) is 4.22. The molecule has 1 amide bonds. The minimum absolute atomic E-state index is 0.463. The molecule has 0 unspecified atom stereocenters. The Morgan fingerprint density at radius 3 is 2.79 bits per heavy atom. The molecule has 74 valence electrons. The van der Waals surface area contributed by atoms with Crippen LogP contribution in [0.1, 0.15) is 5.56 Å². The number of aryl methyl sites for hydroxylation is 1. The molecule has 6 heteroatoms. The highest BCUT2D eigenvalue weighted by molar-refractivity contribution is 6.02. The van der Waals surface area contributed by atoms with Gasteiger partial charge in [-0.3, -0.25) is 9.89 Å². The minimum atomic E-state index is -1.17. The number of carbonyl (C=O) groups excluding carboxylic acids is 1. The van der Waals surface area contributed by atoms with Gasteiger partial charge in [-0.15, -0.1) is 0 Å². The molecule has 0 saturated heterocycles. The molecule has 14 heavy (non-hydrogen) atoms. The summed E-state index contributed by atoms with van der Waals surface area (Å²) in [6.07, 6.45) is 3.25. The molecule has 0 aromatic carbocycles. The van der Waals surface area contributed by atoms with Crippen molar-refractivity contribution in [2.45, 2.75) is 6.92 Å². The lowest BCUT2D eigenvalue weighted by Gasteiger charge is -1.97. The van der Waals surface area contributed by atoms with Gasteiger partial charge in [-0.25, -0.2) is 4.79 Å². The van der Waals surface area contributed by atoms with Gasteiger partial charge in [-0.05, 0) is 6.92 Å². The summed E-state index contributed by atoms with van der Waals surface area (Å²) in [6, 6.07) is 0. The number of carbonyl (C=O) groups is 2. The number of H-pyrrole nitrogens is 1. The first-order chi connectivity index (χ1) is 6.59. The zero-order chi connectivity index (χ0) is 10.6. The number of rotatable bonds is 3. The predicted octanol–water partition coefficient (Wildman–Crippen LogP) is 0.297. The number of aromatic amines is 1. The van der Waals surface area contributed by atoms with E-state index < -0.39 is 11.9 Å². The summed E-state index contributed by atoms with van der Waals surface area (Å²) in [6.45, 7) is 1.76. The maximum Gasteiger partial charge on any atom is 0.328 e. The molecule has 6 nitrogen and oxygen atoms in total. The van der Waals surface area contributed by atoms with Crippen molar-refractivity contribution in [2.24, 2.45) is 0 Å². The number of anilines is 1. The van der Waals surface area contributed by atoms with Crippen LogP contribution < -0.4 is 5.32 Å². The van der Waals surface area contributed by atoms with E-state index in [-0.39, 0.29) is 0 Å². The summed E-state index contributed by atoms with van der Waals surface area (Å²) in [5.41, 5.74) is 0.780. The zero-order valence-electron chi connectivity index (χ0n) is 7.44. The largest absolute Gasteiger partial charge is 0.478 e. The third kappa shape index (κ3) is 2.74. The van der Waals surface area contributed by atoms with Crippen molar-refractivity contribution in [3.8, 4) is 0 Å². The first-order valence-electron chi connectivity index (χ1n) is 3.81. The average Bonchev–Trinajstić information content (AvgIpc) is 2.49. The van der Waals surface area contributed by atoms with E-state index >= 15 is 0 Å². The Morgan fingerprint density at radius 2 is 2.29 bits per heavy atom. The molecule has 0 radical (unpaired) electrons. The summed E-state index contributed by atoms with van der Waals surface area (Å²) in [4.78, 5) is 21.1. The van der Waals surface area contributed by atoms with Gasteiger partial charge >= 0.3 is 5.97 Å². The first-order valence-corrected chi connectivity index (χ1v) is 3.81. The number of aliphatic carboxylic acids is 1. The van der Waals surface area contributed by atoms with Crippen LogP contribution in [0, 0.1) is 6.92 Å². The molecular weight excluding hydrogens is 186 g/mol. The van der Waals surface area contributed by atoms with Crippen LogP contribution in [0.5, 0.6) is 0 Å². The highest BCUT2D eigenvalue weighted by Gasteiger charge is 2.02. The van der Waals surface area contributed by atoms with Crippen molar-refractivity contribution in [3.05, 3.63) is 23.9 Å². The second-order valence-corrected chi connectivity index (χ2v) is 2.59. The lowest BCUT2D eigenvalue weighted by atomic mass is 10.3. The van der Waals surface area contributed by atoms with E-state index in [9.17, 15) is 9.59 Å². The fourth-order valence-electron chi connectivity index (χ4n) is 0.785. The molecule has 0 bridgehead atoms. The first kappa shape index (κ1) is 9.97. The highest BCUT2D eigenvalue weighted by Crippen LogP contribution is 2.07. The summed E-state index contributed by atoms with van der Waals surface area (Å²) in [5.74, 6) is -1.22. The van der Waals surface area contributed by atoms with Crippen LogP contribution in [0.15, 0.2) is 18.3 Å². The molecule has 0 fully saturated rings. The molecule has 0 aliphatic carbocycles. The molecule has 3 N–H and O–H groups in total. The maximum atomic E-state index is 11.1. The van der Waals surface area contributed by atoms with Gasteiger partial charge in [0.2, 0.25) is 5.91 Å². The van der Waals surface area contributed by atoms with Crippen LogP contribution >= 0.6 is 0 Å². The second-order valence-electron chi connectivity index (χ2n) is 2.59. The minimum Gasteiger partial charge on any atom is -0.478 e. The smallest absolute Gasteiger partial charge is 0.328 e. The van der Waals surface area contributed by atoms with Gasteiger partial charge in [0.15, 0.2) is 0 Å². The molecule has 0 aliphatic rings. The normalized spacial score (nSPS) is 10.4. The van der Waals surface area contributed by atoms with E-state index in [1.54, 1.807) is 13.1 Å². The number of nitrogens with zero attached hydrogens (tertiary/aromatic N) is 1. The van der Waals surface area contributed by atoms with E-state index in [0.29, 0.717) is 5.82 Å². The van der Waals surface area contributed by atoms with Crippen LogP contribution in [0.25, 0.3) is 0 Å². The Hall–Kier alpha value is -2.11. The van der Waals surface area contributed by atoms with Gasteiger partial charge < -0.3 is 10.4 Å². The lowest BCUT2D eigenvalue weighted by Crippen LogP contribution is -2.09. The third-order valence-electron chi connectivity index (χ3n) is 1.45. The van der Waals surface area contributed by atoms with E-state index in [2.05, 4.69) is 15.5 Å². The summed E-state index contributed by atoms with van der Waals surface area (Å²) in [5, 5.41) is 16.9. The number of hydrogen-bond acceptors (Lipinski definition) is 3. The maximum absolute atomic E-state index is 11.1. The Kier molecular flexibility index (Phi) is 3.01. The predicted molar refractivity (Wildman–Crippen MR) is 48.7 cm³/mol. The lowest BCUT2D eigenvalue weighted by molar-refractivity contribution is -0.131. The third-order valence-corrected chi connectivity index (χ3v) is 1.45. The van der Waals surface area contributed by atoms with Crippen molar-refractivity contribution < 1.29 is 14.7 Å². The van der Waals surface area contributed by atoms with E-state index in [0.717, 1.165) is 17.7 Å². The average molecular weight is 195 g/mol. The number of carboxylic acid groups (broad SMARTS) is 1. The van der Waals surface area contributed by atoms with Crippen molar-refractivity contribution in [1.29, 1.82) is 0 Å². The number of nitrogens with one attached hydrogen (secondary N) is 2. The van der Waals surface area contributed by atoms with Crippen molar-refractivity contribution in [3.63, 3.8) is 0 Å². The Balaban J connectivity index is 2.58. The number of amides is 1. The van der Waals surface area contributed by atoms with Crippen molar-refractivity contribution in [2.75, 3.05) is 5.32 Å². The fraction of sp³-hybridized carbons (Fsp3) is 0.125. The van der Waals surface area contributed by atoms with Gasteiger partial charge in [-0.1, -0.05) is 0 Å². The molecule has 1 heterocycles. The molecule has 0 spiro atoms. The topological polar surface area (TPSA) is 95.1 Å². The summed E-state index contributed by atoms with van der Waals surface area (Å²) < 4.78 is 0. The highest BCUT2D eigenvalue weighted by atomic mass is 16.4. The van der Waals surface area contributed by atoms with E-state index in [4.69, 9.17) is 5.11 Å². The van der Waals surface area contributed by atoms with Crippen LogP contribution in [0.2, 0.25) is 0 Å². The molecule has 0 saturated carbocycles. The molecular formula is C8H9N3O3. The zero-order valence-corrected chi connectivity index (χ0v) is 7.44. The Labute approximate surface area is 79.6 Å². The van der Waals surface area contributed by atoms with Crippen LogP contribution in [0.3, 0.4) is 0 Å². The monoisotopic (exact) mass is 195 g/mol. The number of aromatic nitrogens is 2. The quantitative estimate of drug-likeness (QED) is 0.604. The van der Waals surface area contributed by atoms with Gasteiger partial charge in [0, 0.05) is 17.7 Å². The van der Waals surface area contributed by atoms with Gasteiger partial charge in [0.05, 0.1) is 6.20 Å². The fourth-order valence-corrected chi connectivity index (χ4v) is 0.785. The molecule has 1 rings (SSSR count). The van der Waals surface area contributed by atoms with Crippen molar-refractivity contribution in [1.82, 2.24) is 10.2 Å². The van der Waals surface area contributed by atoms with Crippen LogP contribution in [-0.2, 0) is 9.59 Å². The Morgan fingerprint density at radius 1 is 1.57 bits per heavy atom. The van der Waals surface area contributed by atoms with Crippen molar-refractivity contribution >= 4 is 17.7 Å². The summed E-state index contributed by atoms with van der Waals surface area (Å²) in [7, 11) is 0. The van der Waals surface area contributed by atoms with Crippen LogP contribution in [0.4, 0.5) is 5.82 Å². The van der Waals surface area contributed by atoms with E-state index in [1.165, 1.54) is 0 Å². The van der Waals surface area contributed by atoms with Gasteiger partial charge in [0.25, 0.3) is 0 Å². The van der Waals surface area contributed by atoms with Crippen LogP contribution in [-0.4, -0.2) is 27.2 Å². The van der Waals surface area contributed by atoms with Gasteiger partial charge in [0.1, 0.15) is 5.82 Å². The standard InChI is InChI=1S/C8H9N3O3/c1-5-4-9-11-8(5)10-6(12)2-3-7(13)14/h2-4H,1H3,(H,13,14)(H2,9,10,11,12)/b3-2+. The molecule has 0 atom stereocenters. The molecule has 1 aromatic heterocycles. The number of hydrogen-bond donors (Lipinski definition) is 3. The van der Waals surface area contributed by atoms with E-state index in [1.807, 2.05) is 0 Å². The summed E-state index contributed by atoms with van der Waals surface area (Å²) >= 11 is 0.